The van der Waals surface area contributed by atoms with Crippen LogP contribution in [0.3, 0.4) is 0 Å². The van der Waals surface area contributed by atoms with E-state index in [1.54, 1.807) is 59.4 Å². The van der Waals surface area contributed by atoms with E-state index >= 15 is 0 Å². The molecule has 0 aliphatic carbocycles. The standard InChI is InChI=1S/C34H24FN3O3/c1-22-11-13-24(14-12-22)33(40)34-32(28-9-5-6-10-29(28)41-34)36-30(39)20-17-25-21-38(27-7-3-2-4-8-27)37-31(25)23-15-18-26(35)19-16-23/h2-21H,1H3,(H,36,39)/b20-17+. The van der Waals surface area contributed by atoms with Crippen LogP contribution in [0.2, 0.25) is 0 Å². The topological polar surface area (TPSA) is 77.1 Å². The van der Waals surface area contributed by atoms with Gasteiger partial charge in [0.2, 0.25) is 11.7 Å². The smallest absolute Gasteiger partial charge is 0.248 e. The molecule has 0 bridgehead atoms. The van der Waals surface area contributed by atoms with Gasteiger partial charge in [-0.2, -0.15) is 5.10 Å². The largest absolute Gasteiger partial charge is 0.450 e. The number of hydrogen-bond acceptors (Lipinski definition) is 4. The van der Waals surface area contributed by atoms with Gasteiger partial charge < -0.3 is 9.73 Å². The van der Waals surface area contributed by atoms with E-state index in [1.165, 1.54) is 18.2 Å². The van der Waals surface area contributed by atoms with Crippen molar-refractivity contribution in [3.63, 3.8) is 0 Å². The number of furan rings is 1. The first-order valence-corrected chi connectivity index (χ1v) is 13.0. The van der Waals surface area contributed by atoms with E-state index in [0.29, 0.717) is 39.0 Å². The lowest BCUT2D eigenvalue weighted by Gasteiger charge is -2.04. The van der Waals surface area contributed by atoms with Gasteiger partial charge in [-0.3, -0.25) is 9.59 Å². The van der Waals surface area contributed by atoms with Gasteiger partial charge in [-0.1, -0.05) is 60.2 Å². The maximum atomic E-state index is 13.6. The van der Waals surface area contributed by atoms with Crippen molar-refractivity contribution in [3.8, 4) is 16.9 Å². The molecule has 0 unspecified atom stereocenters. The lowest BCUT2D eigenvalue weighted by molar-refractivity contribution is -0.111. The summed E-state index contributed by atoms with van der Waals surface area (Å²) in [4.78, 5) is 26.6. The first-order valence-electron chi connectivity index (χ1n) is 13.0. The highest BCUT2D eigenvalue weighted by molar-refractivity contribution is 6.18. The Bertz CT molecular complexity index is 1900. The van der Waals surface area contributed by atoms with Crippen molar-refractivity contribution in [1.82, 2.24) is 9.78 Å². The third-order valence-corrected chi connectivity index (χ3v) is 6.66. The Kier molecular flexibility index (Phi) is 6.83. The molecule has 0 fully saturated rings. The summed E-state index contributed by atoms with van der Waals surface area (Å²) in [5, 5.41) is 8.18. The molecular formula is C34H24FN3O3. The molecule has 1 N–H and O–H groups in total. The number of anilines is 1. The summed E-state index contributed by atoms with van der Waals surface area (Å²) < 4.78 is 21.2. The Morgan fingerprint density at radius 3 is 2.34 bits per heavy atom. The third kappa shape index (κ3) is 5.33. The van der Waals surface area contributed by atoms with Gasteiger partial charge >= 0.3 is 0 Å². The summed E-state index contributed by atoms with van der Waals surface area (Å²) in [6.45, 7) is 1.94. The number of nitrogens with zero attached hydrogens (tertiary/aromatic N) is 2. The third-order valence-electron chi connectivity index (χ3n) is 6.66. The number of carbonyl (C=O) groups is 2. The summed E-state index contributed by atoms with van der Waals surface area (Å²) in [7, 11) is 0. The van der Waals surface area contributed by atoms with Crippen molar-refractivity contribution in [2.24, 2.45) is 0 Å². The Labute approximate surface area is 235 Å². The normalized spacial score (nSPS) is 11.3. The number of rotatable bonds is 7. The summed E-state index contributed by atoms with van der Waals surface area (Å²) in [5.74, 6) is -1.08. The van der Waals surface area contributed by atoms with Gasteiger partial charge in [0.1, 0.15) is 11.4 Å². The molecule has 41 heavy (non-hydrogen) atoms. The number of carbonyl (C=O) groups excluding carboxylic acids is 2. The van der Waals surface area contributed by atoms with Gasteiger partial charge in [0.15, 0.2) is 5.76 Å². The molecule has 0 aliphatic rings. The van der Waals surface area contributed by atoms with E-state index < -0.39 is 5.91 Å². The second kappa shape index (κ2) is 10.9. The molecule has 0 aliphatic heterocycles. The SMILES string of the molecule is Cc1ccc(C(=O)c2oc3ccccc3c2NC(=O)/C=C/c2cn(-c3ccccc3)nc2-c2ccc(F)cc2)cc1. The molecule has 7 heteroatoms. The number of fused-ring (bicyclic) bond motifs is 1. The van der Waals surface area contributed by atoms with E-state index in [4.69, 9.17) is 9.52 Å². The van der Waals surface area contributed by atoms with Crippen molar-refractivity contribution >= 4 is 34.4 Å². The molecule has 0 atom stereocenters. The molecule has 0 radical (unpaired) electrons. The molecule has 4 aromatic carbocycles. The van der Waals surface area contributed by atoms with Crippen LogP contribution < -0.4 is 5.32 Å². The van der Waals surface area contributed by atoms with Crippen molar-refractivity contribution in [2.75, 3.05) is 5.32 Å². The van der Waals surface area contributed by atoms with E-state index in [-0.39, 0.29) is 17.4 Å². The summed E-state index contributed by atoms with van der Waals surface area (Å²) >= 11 is 0. The molecule has 6 nitrogen and oxygen atoms in total. The lowest BCUT2D eigenvalue weighted by Crippen LogP contribution is -2.11. The Hall–Kier alpha value is -5.56. The maximum Gasteiger partial charge on any atom is 0.248 e. The molecule has 1 amide bonds. The minimum atomic E-state index is -0.452. The molecule has 0 saturated heterocycles. The average Bonchev–Trinajstić information content (AvgIpc) is 3.59. The first-order chi connectivity index (χ1) is 20.0. The van der Waals surface area contributed by atoms with Crippen LogP contribution in [0.5, 0.6) is 0 Å². The van der Waals surface area contributed by atoms with Crippen LogP contribution >= 0.6 is 0 Å². The van der Waals surface area contributed by atoms with Crippen molar-refractivity contribution < 1.29 is 18.4 Å². The molecule has 6 rings (SSSR count). The number of amides is 1. The van der Waals surface area contributed by atoms with Crippen LogP contribution in [0.1, 0.15) is 27.2 Å². The van der Waals surface area contributed by atoms with Crippen molar-refractivity contribution in [1.29, 1.82) is 0 Å². The van der Waals surface area contributed by atoms with Crippen LogP contribution in [-0.2, 0) is 4.79 Å². The Morgan fingerprint density at radius 1 is 0.878 bits per heavy atom. The number of halogens is 1. The fraction of sp³-hybridized carbons (Fsp3) is 0.0294. The van der Waals surface area contributed by atoms with Gasteiger partial charge in [-0.15, -0.1) is 0 Å². The predicted octanol–water partition coefficient (Wildman–Crippen LogP) is 7.62. The number of ketones is 1. The number of benzene rings is 4. The minimum Gasteiger partial charge on any atom is -0.450 e. The highest BCUT2D eigenvalue weighted by Crippen LogP contribution is 2.33. The van der Waals surface area contributed by atoms with E-state index in [1.807, 2.05) is 55.5 Å². The quantitative estimate of drug-likeness (QED) is 0.167. The summed E-state index contributed by atoms with van der Waals surface area (Å²) in [5.41, 5.74) is 5.06. The van der Waals surface area contributed by atoms with Crippen molar-refractivity contribution in [2.45, 2.75) is 6.92 Å². The van der Waals surface area contributed by atoms with Gasteiger partial charge in [-0.05, 0) is 61.5 Å². The van der Waals surface area contributed by atoms with Gasteiger partial charge in [-0.25, -0.2) is 9.07 Å². The number of aromatic nitrogens is 2. The van der Waals surface area contributed by atoms with Gasteiger partial charge in [0.05, 0.1) is 17.1 Å². The van der Waals surface area contributed by atoms with Crippen LogP contribution in [0, 0.1) is 12.7 Å². The highest BCUT2D eigenvalue weighted by Gasteiger charge is 2.23. The number of nitrogens with one attached hydrogen (secondary N) is 1. The lowest BCUT2D eigenvalue weighted by atomic mass is 10.1. The van der Waals surface area contributed by atoms with Gasteiger partial charge in [0, 0.05) is 34.3 Å². The molecule has 2 aromatic heterocycles. The van der Waals surface area contributed by atoms with Gasteiger partial charge in [0.25, 0.3) is 0 Å². The molecular weight excluding hydrogens is 517 g/mol. The zero-order valence-electron chi connectivity index (χ0n) is 22.0. The number of para-hydroxylation sites is 2. The molecule has 6 aromatic rings. The monoisotopic (exact) mass is 541 g/mol. The van der Waals surface area contributed by atoms with E-state index in [2.05, 4.69) is 5.32 Å². The minimum absolute atomic E-state index is 0.0562. The number of hydrogen-bond donors (Lipinski definition) is 1. The second-order valence-electron chi connectivity index (χ2n) is 9.54. The maximum absolute atomic E-state index is 13.6. The zero-order valence-corrected chi connectivity index (χ0v) is 22.0. The van der Waals surface area contributed by atoms with E-state index in [0.717, 1.165) is 11.3 Å². The Morgan fingerprint density at radius 2 is 1.59 bits per heavy atom. The van der Waals surface area contributed by atoms with Crippen molar-refractivity contribution in [3.05, 3.63) is 144 Å². The summed E-state index contributed by atoms with van der Waals surface area (Å²) in [6.07, 6.45) is 4.82. The molecule has 200 valence electrons. The van der Waals surface area contributed by atoms with Crippen LogP contribution in [0.25, 0.3) is 34.0 Å². The average molecular weight is 542 g/mol. The van der Waals surface area contributed by atoms with Crippen LogP contribution in [0.15, 0.2) is 120 Å². The predicted molar refractivity (Wildman–Crippen MR) is 157 cm³/mol. The summed E-state index contributed by atoms with van der Waals surface area (Å²) in [6, 6.07) is 29.9. The molecule has 2 heterocycles. The molecule has 0 saturated carbocycles. The van der Waals surface area contributed by atoms with Crippen LogP contribution in [0.4, 0.5) is 10.1 Å². The van der Waals surface area contributed by atoms with E-state index in [9.17, 15) is 14.0 Å². The first kappa shape index (κ1) is 25.7. The fourth-order valence-corrected chi connectivity index (χ4v) is 4.55. The number of aryl methyl sites for hydroxylation is 1. The molecule has 0 spiro atoms. The zero-order chi connectivity index (χ0) is 28.3. The highest BCUT2D eigenvalue weighted by atomic mass is 19.1. The Balaban J connectivity index is 1.34. The van der Waals surface area contributed by atoms with Crippen LogP contribution in [-0.4, -0.2) is 21.5 Å². The fourth-order valence-electron chi connectivity index (χ4n) is 4.55. The second-order valence-corrected chi connectivity index (χ2v) is 9.54.